The summed E-state index contributed by atoms with van der Waals surface area (Å²) in [5.41, 5.74) is 3.41. The van der Waals surface area contributed by atoms with Crippen molar-refractivity contribution in [3.05, 3.63) is 36.5 Å². The van der Waals surface area contributed by atoms with Crippen molar-refractivity contribution in [2.24, 2.45) is 0 Å². The van der Waals surface area contributed by atoms with Gasteiger partial charge in [0.2, 0.25) is 5.95 Å². The minimum Gasteiger partial charge on any atom is -0.347 e. The first-order valence-corrected chi connectivity index (χ1v) is 9.40. The lowest BCUT2D eigenvalue weighted by Gasteiger charge is -2.36. The van der Waals surface area contributed by atoms with E-state index in [0.29, 0.717) is 22.5 Å². The summed E-state index contributed by atoms with van der Waals surface area (Å²) in [5.74, 6) is -1.89. The van der Waals surface area contributed by atoms with E-state index in [1.165, 1.54) is 10.7 Å². The molecule has 4 heterocycles. The quantitative estimate of drug-likeness (QED) is 0.493. The van der Waals surface area contributed by atoms with Crippen LogP contribution in [0.4, 0.5) is 23.5 Å². The van der Waals surface area contributed by atoms with E-state index in [2.05, 4.69) is 25.4 Å². The highest BCUT2D eigenvalue weighted by Gasteiger charge is 2.47. The number of halogens is 4. The third-order valence-electron chi connectivity index (χ3n) is 5.30. The maximum atomic E-state index is 13.4. The molecule has 0 saturated heterocycles. The van der Waals surface area contributed by atoms with Crippen LogP contribution in [-0.2, 0) is 0 Å². The molecule has 0 amide bonds. The van der Waals surface area contributed by atoms with Gasteiger partial charge in [0.15, 0.2) is 5.65 Å². The van der Waals surface area contributed by atoms with Crippen molar-refractivity contribution in [1.29, 1.82) is 0 Å². The third-order valence-corrected chi connectivity index (χ3v) is 5.30. The highest BCUT2D eigenvalue weighted by Crippen LogP contribution is 2.47. The Kier molecular flexibility index (Phi) is 4.16. The molecule has 0 radical (unpaired) electrons. The highest BCUT2D eigenvalue weighted by atomic mass is 19.3. The number of pyridine rings is 1. The Morgan fingerprint density at radius 3 is 2.73 bits per heavy atom. The van der Waals surface area contributed by atoms with E-state index in [0.717, 1.165) is 11.1 Å². The van der Waals surface area contributed by atoms with Crippen molar-refractivity contribution >= 4 is 22.6 Å². The predicted molar refractivity (Wildman–Crippen MR) is 102 cm³/mol. The van der Waals surface area contributed by atoms with Crippen molar-refractivity contribution in [2.75, 3.05) is 11.9 Å². The summed E-state index contributed by atoms with van der Waals surface area (Å²) in [6.07, 6.45) is 1.97. The number of alkyl halides is 4. The van der Waals surface area contributed by atoms with Gasteiger partial charge in [0, 0.05) is 42.4 Å². The van der Waals surface area contributed by atoms with E-state index in [1.807, 2.05) is 16.7 Å². The number of aryl methyl sites for hydroxylation is 1. The Morgan fingerprint density at radius 1 is 1.20 bits per heavy atom. The standard InChI is InChI=1S/C19H17F4N7/c1-10-27-17-14(30(10)12-5-19(22,23)6-12)4-11(7-24-17)13-2-3-29-15(13)8-25-18(28-29)26-9-16(20)21/h2-4,7-8,12,16H,5-6,9H2,1H3,(H,26,28). The van der Waals surface area contributed by atoms with Gasteiger partial charge in [-0.15, -0.1) is 5.10 Å². The van der Waals surface area contributed by atoms with Crippen LogP contribution in [0, 0.1) is 6.92 Å². The van der Waals surface area contributed by atoms with Gasteiger partial charge in [-0.3, -0.25) is 0 Å². The fourth-order valence-corrected chi connectivity index (χ4v) is 3.91. The summed E-state index contributed by atoms with van der Waals surface area (Å²) in [7, 11) is 0. The van der Waals surface area contributed by atoms with Crippen LogP contribution in [0.1, 0.15) is 24.7 Å². The number of hydrogen-bond donors (Lipinski definition) is 1. The van der Waals surface area contributed by atoms with Crippen LogP contribution in [0.3, 0.4) is 0 Å². The van der Waals surface area contributed by atoms with E-state index >= 15 is 0 Å². The van der Waals surface area contributed by atoms with Gasteiger partial charge in [0.25, 0.3) is 12.3 Å². The van der Waals surface area contributed by atoms with Crippen LogP contribution in [0.5, 0.6) is 0 Å². The van der Waals surface area contributed by atoms with Gasteiger partial charge in [0.1, 0.15) is 5.82 Å². The maximum absolute atomic E-state index is 13.4. The first-order valence-electron chi connectivity index (χ1n) is 9.40. The zero-order chi connectivity index (χ0) is 21.0. The topological polar surface area (TPSA) is 72.9 Å². The zero-order valence-electron chi connectivity index (χ0n) is 15.9. The number of imidazole rings is 1. The smallest absolute Gasteiger partial charge is 0.255 e. The van der Waals surface area contributed by atoms with E-state index in [-0.39, 0.29) is 24.8 Å². The molecule has 11 heteroatoms. The zero-order valence-corrected chi connectivity index (χ0v) is 15.9. The number of nitrogens with one attached hydrogen (secondary N) is 1. The molecular weight excluding hydrogens is 402 g/mol. The van der Waals surface area contributed by atoms with Crippen LogP contribution in [0.2, 0.25) is 0 Å². The van der Waals surface area contributed by atoms with Crippen LogP contribution in [0.15, 0.2) is 30.7 Å². The molecule has 5 rings (SSSR count). The molecule has 0 bridgehead atoms. The number of anilines is 1. The fraction of sp³-hybridized carbons (Fsp3) is 0.368. The molecule has 4 aromatic rings. The number of rotatable bonds is 5. The predicted octanol–water partition coefficient (Wildman–Crippen LogP) is 4.10. The summed E-state index contributed by atoms with van der Waals surface area (Å²) in [6.45, 7) is 1.25. The summed E-state index contributed by atoms with van der Waals surface area (Å²) >= 11 is 0. The van der Waals surface area contributed by atoms with Gasteiger partial charge >= 0.3 is 0 Å². The van der Waals surface area contributed by atoms with E-state index in [9.17, 15) is 17.6 Å². The molecule has 7 nitrogen and oxygen atoms in total. The molecule has 0 aromatic carbocycles. The van der Waals surface area contributed by atoms with Crippen molar-refractivity contribution in [1.82, 2.24) is 29.1 Å². The summed E-state index contributed by atoms with van der Waals surface area (Å²) in [6, 6.07) is 3.38. The van der Waals surface area contributed by atoms with Gasteiger partial charge in [0.05, 0.1) is 23.8 Å². The number of fused-ring (bicyclic) bond motifs is 2. The molecule has 1 fully saturated rings. The van der Waals surface area contributed by atoms with Crippen molar-refractivity contribution in [2.45, 2.75) is 38.2 Å². The number of nitrogens with zero attached hydrogens (tertiary/aromatic N) is 6. The monoisotopic (exact) mass is 419 g/mol. The Balaban J connectivity index is 1.52. The fourth-order valence-electron chi connectivity index (χ4n) is 3.91. The second kappa shape index (κ2) is 6.64. The number of hydrogen-bond acceptors (Lipinski definition) is 5. The van der Waals surface area contributed by atoms with Crippen LogP contribution in [0.25, 0.3) is 27.8 Å². The lowest BCUT2D eigenvalue weighted by atomic mass is 9.87. The second-order valence-electron chi connectivity index (χ2n) is 7.43. The third kappa shape index (κ3) is 3.14. The number of aromatic nitrogens is 6. The molecule has 0 spiro atoms. The first kappa shape index (κ1) is 18.8. The summed E-state index contributed by atoms with van der Waals surface area (Å²) in [5, 5.41) is 6.66. The van der Waals surface area contributed by atoms with Crippen molar-refractivity contribution < 1.29 is 17.6 Å². The molecule has 1 N–H and O–H groups in total. The average molecular weight is 419 g/mol. The molecule has 1 saturated carbocycles. The normalized spacial score (nSPS) is 16.5. The Labute approximate surface area is 167 Å². The molecule has 1 aliphatic carbocycles. The molecule has 0 aliphatic heterocycles. The maximum Gasteiger partial charge on any atom is 0.255 e. The SMILES string of the molecule is Cc1nc2ncc(-c3ccn4nc(NCC(F)F)ncc34)cc2n1C1CC(F)(F)C1. The lowest BCUT2D eigenvalue weighted by molar-refractivity contribution is -0.103. The highest BCUT2D eigenvalue weighted by molar-refractivity contribution is 5.85. The van der Waals surface area contributed by atoms with Gasteiger partial charge in [-0.2, -0.15) is 0 Å². The van der Waals surface area contributed by atoms with Crippen LogP contribution >= 0.6 is 0 Å². The first-order chi connectivity index (χ1) is 14.3. The molecule has 156 valence electrons. The van der Waals surface area contributed by atoms with Gasteiger partial charge < -0.3 is 9.88 Å². The largest absolute Gasteiger partial charge is 0.347 e. The Bertz CT molecular complexity index is 1240. The minimum absolute atomic E-state index is 0.0955. The molecule has 30 heavy (non-hydrogen) atoms. The van der Waals surface area contributed by atoms with E-state index < -0.39 is 18.9 Å². The summed E-state index contributed by atoms with van der Waals surface area (Å²) < 4.78 is 54.9. The molecule has 4 aromatic heterocycles. The summed E-state index contributed by atoms with van der Waals surface area (Å²) in [4.78, 5) is 12.9. The molecule has 0 unspecified atom stereocenters. The van der Waals surface area contributed by atoms with Gasteiger partial charge in [-0.25, -0.2) is 37.0 Å². The van der Waals surface area contributed by atoms with Gasteiger partial charge in [-0.1, -0.05) is 0 Å². The van der Waals surface area contributed by atoms with Crippen molar-refractivity contribution in [3.8, 4) is 11.1 Å². The minimum atomic E-state index is -2.63. The average Bonchev–Trinajstić information content (AvgIpc) is 3.23. The van der Waals surface area contributed by atoms with Crippen LogP contribution < -0.4 is 5.32 Å². The Hall–Kier alpha value is -3.24. The molecule has 0 atom stereocenters. The van der Waals surface area contributed by atoms with E-state index in [4.69, 9.17) is 0 Å². The van der Waals surface area contributed by atoms with Gasteiger partial charge in [-0.05, 0) is 19.1 Å². The van der Waals surface area contributed by atoms with E-state index in [1.54, 1.807) is 19.3 Å². The lowest BCUT2D eigenvalue weighted by Crippen LogP contribution is -2.37. The molecule has 1 aliphatic rings. The van der Waals surface area contributed by atoms with Crippen molar-refractivity contribution in [3.63, 3.8) is 0 Å². The second-order valence-corrected chi connectivity index (χ2v) is 7.43. The molecular formula is C19H17F4N7. The van der Waals surface area contributed by atoms with Crippen LogP contribution in [-0.4, -0.2) is 48.0 Å². The Morgan fingerprint density at radius 2 is 2.00 bits per heavy atom.